The van der Waals surface area contributed by atoms with Crippen molar-refractivity contribution in [2.75, 3.05) is 26.4 Å². The van der Waals surface area contributed by atoms with Crippen LogP contribution in [0.15, 0.2) is 0 Å². The summed E-state index contributed by atoms with van der Waals surface area (Å²) in [5.74, 6) is -1.01. The highest BCUT2D eigenvalue weighted by atomic mass is 31.2. The standard InChI is InChI=1S/C39H77O10P/c1-3-5-7-9-11-13-15-17-18-19-21-23-25-27-29-31-39(43)49-37(33-41)35-47-50(44,45)46-34-36(32-40)48-38(42)30-28-26-24-22-20-16-14-12-10-8-6-4-2/h36-37,40-41H,3-35H2,1-2H3,(H,44,45). The maximum atomic E-state index is 12.3. The van der Waals surface area contributed by atoms with Crippen LogP contribution in [0, 0.1) is 0 Å². The molecule has 0 radical (unpaired) electrons. The zero-order valence-corrected chi connectivity index (χ0v) is 33.0. The van der Waals surface area contributed by atoms with E-state index < -0.39 is 58.4 Å². The van der Waals surface area contributed by atoms with Crippen molar-refractivity contribution >= 4 is 19.8 Å². The topological polar surface area (TPSA) is 149 Å². The molecule has 0 amide bonds. The van der Waals surface area contributed by atoms with Crippen molar-refractivity contribution in [1.82, 2.24) is 0 Å². The fourth-order valence-corrected chi connectivity index (χ4v) is 6.66. The molecule has 0 bridgehead atoms. The second kappa shape index (κ2) is 36.3. The number of aliphatic hydroxyl groups is 2. The van der Waals surface area contributed by atoms with E-state index in [-0.39, 0.29) is 12.8 Å². The van der Waals surface area contributed by atoms with Gasteiger partial charge in [-0.3, -0.25) is 18.6 Å². The van der Waals surface area contributed by atoms with Gasteiger partial charge in [-0.25, -0.2) is 4.57 Å². The number of hydrogen-bond acceptors (Lipinski definition) is 9. The lowest BCUT2D eigenvalue weighted by atomic mass is 10.0. The van der Waals surface area contributed by atoms with Gasteiger partial charge >= 0.3 is 19.8 Å². The molecule has 10 nitrogen and oxygen atoms in total. The Hall–Kier alpha value is -1.03. The Morgan fingerprint density at radius 1 is 0.460 bits per heavy atom. The van der Waals surface area contributed by atoms with Crippen molar-refractivity contribution in [2.24, 2.45) is 0 Å². The Labute approximate surface area is 305 Å². The van der Waals surface area contributed by atoms with Gasteiger partial charge in [-0.05, 0) is 12.8 Å². The molecule has 0 aliphatic rings. The molecule has 0 aromatic rings. The van der Waals surface area contributed by atoms with E-state index in [0.717, 1.165) is 38.5 Å². The first-order valence-corrected chi connectivity index (χ1v) is 22.0. The maximum Gasteiger partial charge on any atom is 0.472 e. The minimum absolute atomic E-state index is 0.199. The van der Waals surface area contributed by atoms with Crippen LogP contribution >= 0.6 is 7.82 Å². The maximum absolute atomic E-state index is 12.3. The van der Waals surface area contributed by atoms with Crippen molar-refractivity contribution < 1.29 is 47.8 Å². The first-order valence-electron chi connectivity index (χ1n) is 20.5. The van der Waals surface area contributed by atoms with E-state index in [9.17, 15) is 29.3 Å². The summed E-state index contributed by atoms with van der Waals surface area (Å²) < 4.78 is 32.5. The summed E-state index contributed by atoms with van der Waals surface area (Å²) in [6, 6.07) is 0. The Morgan fingerprint density at radius 3 is 0.940 bits per heavy atom. The summed E-state index contributed by atoms with van der Waals surface area (Å²) >= 11 is 0. The fraction of sp³-hybridized carbons (Fsp3) is 0.949. The Balaban J connectivity index is 3.92. The van der Waals surface area contributed by atoms with Crippen molar-refractivity contribution in [3.05, 3.63) is 0 Å². The van der Waals surface area contributed by atoms with E-state index >= 15 is 0 Å². The predicted molar refractivity (Wildman–Crippen MR) is 201 cm³/mol. The summed E-state index contributed by atoms with van der Waals surface area (Å²) in [6.45, 7) is 2.22. The first kappa shape index (κ1) is 49.0. The van der Waals surface area contributed by atoms with Crippen LogP contribution < -0.4 is 0 Å². The van der Waals surface area contributed by atoms with Gasteiger partial charge < -0.3 is 24.6 Å². The molecule has 0 aromatic heterocycles. The number of aliphatic hydroxyl groups excluding tert-OH is 2. The Bertz CT molecular complexity index is 812. The fourth-order valence-electron chi connectivity index (χ4n) is 5.88. The molecule has 0 aliphatic carbocycles. The minimum atomic E-state index is -4.62. The summed E-state index contributed by atoms with van der Waals surface area (Å²) in [6.07, 6.45) is 30.7. The second-order valence-corrected chi connectivity index (χ2v) is 15.4. The van der Waals surface area contributed by atoms with Crippen molar-refractivity contribution in [3.8, 4) is 0 Å². The van der Waals surface area contributed by atoms with Crippen LogP contribution in [0.3, 0.4) is 0 Å². The van der Waals surface area contributed by atoms with Crippen LogP contribution in [-0.4, -0.2) is 65.7 Å². The molecule has 3 unspecified atom stereocenters. The number of ether oxygens (including phenoxy) is 2. The number of hydrogen-bond donors (Lipinski definition) is 3. The van der Waals surface area contributed by atoms with E-state index in [1.807, 2.05) is 0 Å². The molecule has 3 N–H and O–H groups in total. The lowest BCUT2D eigenvalue weighted by Crippen LogP contribution is -2.28. The highest BCUT2D eigenvalue weighted by molar-refractivity contribution is 7.47. The highest BCUT2D eigenvalue weighted by Gasteiger charge is 2.27. The third-order valence-corrected chi connectivity index (χ3v) is 10.0. The van der Waals surface area contributed by atoms with E-state index in [1.165, 1.54) is 122 Å². The quantitative estimate of drug-likeness (QED) is 0.0316. The van der Waals surface area contributed by atoms with E-state index in [0.29, 0.717) is 12.8 Å². The first-order chi connectivity index (χ1) is 24.3. The van der Waals surface area contributed by atoms with Crippen LogP contribution in [0.2, 0.25) is 0 Å². The lowest BCUT2D eigenvalue weighted by Gasteiger charge is -2.20. The van der Waals surface area contributed by atoms with Gasteiger partial charge in [0.25, 0.3) is 0 Å². The number of phosphoric ester groups is 1. The summed E-state index contributed by atoms with van der Waals surface area (Å²) in [5, 5.41) is 19.1. The summed E-state index contributed by atoms with van der Waals surface area (Å²) in [7, 11) is -4.62. The van der Waals surface area contributed by atoms with Crippen molar-refractivity contribution in [2.45, 2.75) is 212 Å². The van der Waals surface area contributed by atoms with Crippen molar-refractivity contribution in [3.63, 3.8) is 0 Å². The molecule has 0 saturated heterocycles. The van der Waals surface area contributed by atoms with Gasteiger partial charge in [-0.2, -0.15) is 0 Å². The van der Waals surface area contributed by atoms with E-state index in [4.69, 9.17) is 18.5 Å². The van der Waals surface area contributed by atoms with Crippen molar-refractivity contribution in [1.29, 1.82) is 0 Å². The Kier molecular flexibility index (Phi) is 35.6. The SMILES string of the molecule is CCCCCCCCCCCCCCCCCC(=O)OC(CO)COP(=O)(O)OCC(CO)OC(=O)CCCCCCCCCCCCCC. The molecule has 11 heteroatoms. The molecule has 0 aromatic carbocycles. The Morgan fingerprint density at radius 2 is 0.700 bits per heavy atom. The van der Waals surface area contributed by atoms with E-state index in [1.54, 1.807) is 0 Å². The summed E-state index contributed by atoms with van der Waals surface area (Å²) in [5.41, 5.74) is 0. The van der Waals surface area contributed by atoms with Crippen LogP contribution in [0.4, 0.5) is 0 Å². The van der Waals surface area contributed by atoms with Gasteiger partial charge in [0.1, 0.15) is 12.2 Å². The largest absolute Gasteiger partial charge is 0.472 e. The predicted octanol–water partition coefficient (Wildman–Crippen LogP) is 10.3. The number of carbonyl (C=O) groups is 2. The van der Waals surface area contributed by atoms with Gasteiger partial charge in [0.15, 0.2) is 0 Å². The minimum Gasteiger partial charge on any atom is -0.457 e. The molecule has 0 heterocycles. The molecule has 0 aliphatic heterocycles. The van der Waals surface area contributed by atoms with Gasteiger partial charge in [0.05, 0.1) is 26.4 Å². The molecule has 0 fully saturated rings. The number of rotatable bonds is 39. The molecule has 0 saturated carbocycles. The lowest BCUT2D eigenvalue weighted by molar-refractivity contribution is -0.153. The van der Waals surface area contributed by atoms with Crippen LogP contribution in [-0.2, 0) is 32.7 Å². The third kappa shape index (κ3) is 34.1. The zero-order chi connectivity index (χ0) is 37.0. The summed E-state index contributed by atoms with van der Waals surface area (Å²) in [4.78, 5) is 34.4. The molecule has 0 spiro atoms. The van der Waals surface area contributed by atoms with Gasteiger partial charge in [0.2, 0.25) is 0 Å². The van der Waals surface area contributed by atoms with E-state index in [2.05, 4.69) is 13.8 Å². The molecular weight excluding hydrogens is 659 g/mol. The molecule has 3 atom stereocenters. The van der Waals surface area contributed by atoms with Gasteiger partial charge in [-0.1, -0.05) is 174 Å². The van der Waals surface area contributed by atoms with Gasteiger partial charge in [0, 0.05) is 12.8 Å². The van der Waals surface area contributed by atoms with Crippen LogP contribution in [0.5, 0.6) is 0 Å². The average molecular weight is 737 g/mol. The van der Waals surface area contributed by atoms with Crippen LogP contribution in [0.1, 0.15) is 200 Å². The number of esters is 2. The average Bonchev–Trinajstić information content (AvgIpc) is 3.10. The monoisotopic (exact) mass is 737 g/mol. The smallest absolute Gasteiger partial charge is 0.457 e. The third-order valence-electron chi connectivity index (χ3n) is 9.07. The second-order valence-electron chi connectivity index (χ2n) is 14.0. The molecular formula is C39H77O10P. The van der Waals surface area contributed by atoms with Crippen LogP contribution in [0.25, 0.3) is 0 Å². The van der Waals surface area contributed by atoms with Gasteiger partial charge in [-0.15, -0.1) is 0 Å². The molecule has 50 heavy (non-hydrogen) atoms. The number of carbonyl (C=O) groups excluding carboxylic acids is 2. The number of phosphoric acid groups is 1. The molecule has 0 rings (SSSR count). The number of unbranched alkanes of at least 4 members (excludes halogenated alkanes) is 25. The zero-order valence-electron chi connectivity index (χ0n) is 32.1. The normalized spacial score (nSPS) is 13.9. The highest BCUT2D eigenvalue weighted by Crippen LogP contribution is 2.43. The molecule has 298 valence electrons.